The van der Waals surface area contributed by atoms with E-state index in [1.165, 1.54) is 25.7 Å². The van der Waals surface area contributed by atoms with Crippen molar-refractivity contribution >= 4 is 5.91 Å². The summed E-state index contributed by atoms with van der Waals surface area (Å²) in [6.07, 6.45) is 4.99. The van der Waals surface area contributed by atoms with Crippen LogP contribution in [-0.4, -0.2) is 22.9 Å². The van der Waals surface area contributed by atoms with Crippen molar-refractivity contribution in [3.8, 4) is 0 Å². The van der Waals surface area contributed by atoms with Crippen LogP contribution in [0.2, 0.25) is 0 Å². The third-order valence-electron chi connectivity index (χ3n) is 2.80. The minimum Gasteiger partial charge on any atom is -0.337 e. The molecule has 1 aliphatic carbocycles. The van der Waals surface area contributed by atoms with Gasteiger partial charge in [0, 0.05) is 19.0 Å². The molecule has 0 aromatic heterocycles. The quantitative estimate of drug-likeness (QED) is 0.493. The number of amides is 1. The molecule has 56 valence electrons. The van der Waals surface area contributed by atoms with Crippen molar-refractivity contribution in [2.45, 2.75) is 38.1 Å². The van der Waals surface area contributed by atoms with Crippen molar-refractivity contribution in [3.63, 3.8) is 0 Å². The second kappa shape index (κ2) is 1.74. The van der Waals surface area contributed by atoms with Gasteiger partial charge in [0.1, 0.15) is 0 Å². The van der Waals surface area contributed by atoms with Gasteiger partial charge >= 0.3 is 0 Å². The summed E-state index contributed by atoms with van der Waals surface area (Å²) >= 11 is 0. The molecule has 1 saturated carbocycles. The molecule has 0 bridgehead atoms. The average Bonchev–Trinajstić information content (AvgIpc) is 2.42. The van der Waals surface area contributed by atoms with E-state index in [9.17, 15) is 4.79 Å². The molecule has 0 radical (unpaired) electrons. The summed E-state index contributed by atoms with van der Waals surface area (Å²) in [6, 6.07) is 0. The largest absolute Gasteiger partial charge is 0.337 e. The molecule has 0 N–H and O–H groups in total. The first kappa shape index (κ1) is 6.20. The minimum absolute atomic E-state index is 0.273. The highest BCUT2D eigenvalue weighted by molar-refractivity contribution is 5.75. The Morgan fingerprint density at radius 3 is 2.50 bits per heavy atom. The maximum Gasteiger partial charge on any atom is 0.219 e. The highest BCUT2D eigenvalue weighted by Crippen LogP contribution is 2.49. The molecule has 2 aliphatic rings. The number of rotatable bonds is 0. The Labute approximate surface area is 61.2 Å². The Balaban J connectivity index is 2.14. The van der Waals surface area contributed by atoms with Crippen LogP contribution < -0.4 is 0 Å². The fraction of sp³-hybridized carbons (Fsp3) is 0.875. The molecule has 1 heterocycles. The molecule has 1 spiro atoms. The Morgan fingerprint density at radius 1 is 1.40 bits per heavy atom. The Hall–Kier alpha value is -0.530. The van der Waals surface area contributed by atoms with E-state index in [0.717, 1.165) is 6.54 Å². The van der Waals surface area contributed by atoms with Crippen LogP contribution in [-0.2, 0) is 4.79 Å². The van der Waals surface area contributed by atoms with Gasteiger partial charge in [-0.25, -0.2) is 0 Å². The van der Waals surface area contributed by atoms with Crippen molar-refractivity contribution < 1.29 is 4.79 Å². The third kappa shape index (κ3) is 0.678. The monoisotopic (exact) mass is 139 g/mol. The normalized spacial score (nSPS) is 27.5. The maximum absolute atomic E-state index is 11.0. The van der Waals surface area contributed by atoms with E-state index < -0.39 is 0 Å². The molecule has 2 rings (SSSR count). The Bertz CT molecular complexity index is 172. The maximum atomic E-state index is 11.0. The van der Waals surface area contributed by atoms with E-state index in [0.29, 0.717) is 5.54 Å². The van der Waals surface area contributed by atoms with Crippen LogP contribution in [0.5, 0.6) is 0 Å². The van der Waals surface area contributed by atoms with E-state index in [1.54, 1.807) is 6.92 Å². The van der Waals surface area contributed by atoms with Crippen LogP contribution in [0.3, 0.4) is 0 Å². The molecule has 2 nitrogen and oxygen atoms in total. The second-order valence-electron chi connectivity index (χ2n) is 3.50. The smallest absolute Gasteiger partial charge is 0.219 e. The highest BCUT2D eigenvalue weighted by atomic mass is 16.2. The lowest BCUT2D eigenvalue weighted by atomic mass is 10.2. The van der Waals surface area contributed by atoms with Gasteiger partial charge in [0.2, 0.25) is 5.91 Å². The Kier molecular flexibility index (Phi) is 1.08. The van der Waals surface area contributed by atoms with Crippen LogP contribution in [0.15, 0.2) is 0 Å². The first-order valence-corrected chi connectivity index (χ1v) is 4.03. The lowest BCUT2D eigenvalue weighted by molar-refractivity contribution is -0.130. The second-order valence-corrected chi connectivity index (χ2v) is 3.50. The molecule has 0 atom stereocenters. The van der Waals surface area contributed by atoms with Crippen LogP contribution in [0.1, 0.15) is 32.6 Å². The van der Waals surface area contributed by atoms with Gasteiger partial charge in [-0.2, -0.15) is 0 Å². The molecule has 0 unspecified atom stereocenters. The molecular weight excluding hydrogens is 126 g/mol. The molecule has 1 amide bonds. The van der Waals surface area contributed by atoms with Crippen molar-refractivity contribution in [1.29, 1.82) is 0 Å². The van der Waals surface area contributed by atoms with Gasteiger partial charge in [-0.3, -0.25) is 4.79 Å². The molecule has 1 saturated heterocycles. The SMILES string of the molecule is CC(=O)N1CCCC12CC2. The van der Waals surface area contributed by atoms with Crippen LogP contribution >= 0.6 is 0 Å². The molecular formula is C8H13NO. The summed E-state index contributed by atoms with van der Waals surface area (Å²) in [5.41, 5.74) is 0.367. The van der Waals surface area contributed by atoms with Crippen molar-refractivity contribution in [1.82, 2.24) is 4.90 Å². The Morgan fingerprint density at radius 2 is 2.10 bits per heavy atom. The van der Waals surface area contributed by atoms with Crippen molar-refractivity contribution in [2.75, 3.05) is 6.54 Å². The third-order valence-corrected chi connectivity index (χ3v) is 2.80. The first-order valence-electron chi connectivity index (χ1n) is 4.03. The van der Waals surface area contributed by atoms with E-state index in [1.807, 2.05) is 0 Å². The first-order chi connectivity index (χ1) is 4.75. The van der Waals surface area contributed by atoms with E-state index in [-0.39, 0.29) is 5.91 Å². The number of nitrogens with zero attached hydrogens (tertiary/aromatic N) is 1. The number of likely N-dealkylation sites (tertiary alicyclic amines) is 1. The van der Waals surface area contributed by atoms with Gasteiger partial charge in [-0.15, -0.1) is 0 Å². The van der Waals surface area contributed by atoms with Crippen LogP contribution in [0, 0.1) is 0 Å². The minimum atomic E-state index is 0.273. The number of hydrogen-bond acceptors (Lipinski definition) is 1. The summed E-state index contributed by atoms with van der Waals surface area (Å²) in [4.78, 5) is 13.1. The summed E-state index contributed by atoms with van der Waals surface area (Å²) in [5, 5.41) is 0. The van der Waals surface area contributed by atoms with E-state index >= 15 is 0 Å². The van der Waals surface area contributed by atoms with Crippen LogP contribution in [0.4, 0.5) is 0 Å². The zero-order valence-electron chi connectivity index (χ0n) is 6.39. The standard InChI is InChI=1S/C8H13NO/c1-7(10)9-6-2-3-8(9)4-5-8/h2-6H2,1H3. The van der Waals surface area contributed by atoms with Crippen molar-refractivity contribution in [2.24, 2.45) is 0 Å². The predicted octanol–water partition coefficient (Wildman–Crippen LogP) is 1.16. The average molecular weight is 139 g/mol. The van der Waals surface area contributed by atoms with E-state index in [4.69, 9.17) is 0 Å². The van der Waals surface area contributed by atoms with E-state index in [2.05, 4.69) is 4.90 Å². The molecule has 1 aliphatic heterocycles. The van der Waals surface area contributed by atoms with Gasteiger partial charge in [0.05, 0.1) is 0 Å². The lowest BCUT2D eigenvalue weighted by Gasteiger charge is -2.22. The fourth-order valence-electron chi connectivity index (χ4n) is 2.09. The van der Waals surface area contributed by atoms with Crippen molar-refractivity contribution in [3.05, 3.63) is 0 Å². The molecule has 2 heteroatoms. The number of carbonyl (C=O) groups excluding carboxylic acids is 1. The zero-order chi connectivity index (χ0) is 7.19. The predicted molar refractivity (Wildman–Crippen MR) is 38.6 cm³/mol. The lowest BCUT2D eigenvalue weighted by Crippen LogP contribution is -2.35. The van der Waals surface area contributed by atoms with Gasteiger partial charge < -0.3 is 4.90 Å². The van der Waals surface area contributed by atoms with Gasteiger partial charge in [0.15, 0.2) is 0 Å². The van der Waals surface area contributed by atoms with Gasteiger partial charge in [-0.05, 0) is 25.7 Å². The van der Waals surface area contributed by atoms with Gasteiger partial charge in [-0.1, -0.05) is 0 Å². The molecule has 0 aromatic carbocycles. The number of carbonyl (C=O) groups is 1. The van der Waals surface area contributed by atoms with Gasteiger partial charge in [0.25, 0.3) is 0 Å². The fourth-order valence-corrected chi connectivity index (χ4v) is 2.09. The highest BCUT2D eigenvalue weighted by Gasteiger charge is 2.51. The molecule has 10 heavy (non-hydrogen) atoms. The molecule has 2 fully saturated rings. The zero-order valence-corrected chi connectivity index (χ0v) is 6.39. The summed E-state index contributed by atoms with van der Waals surface area (Å²) in [6.45, 7) is 2.70. The summed E-state index contributed by atoms with van der Waals surface area (Å²) in [7, 11) is 0. The summed E-state index contributed by atoms with van der Waals surface area (Å²) < 4.78 is 0. The number of hydrogen-bond donors (Lipinski definition) is 0. The molecule has 0 aromatic rings. The van der Waals surface area contributed by atoms with Crippen LogP contribution in [0.25, 0.3) is 0 Å². The topological polar surface area (TPSA) is 20.3 Å². The summed E-state index contributed by atoms with van der Waals surface area (Å²) in [5.74, 6) is 0.273.